The number of halogens is 2. The molecular weight excluding hydrogens is 370 g/mol. The zero-order valence-corrected chi connectivity index (χ0v) is 15.9. The van der Waals surface area contributed by atoms with Crippen molar-refractivity contribution in [3.63, 3.8) is 0 Å². The molecule has 0 unspecified atom stereocenters. The molecule has 0 saturated heterocycles. The van der Waals surface area contributed by atoms with Gasteiger partial charge in [0.15, 0.2) is 5.96 Å². The molecule has 1 amide bonds. The van der Waals surface area contributed by atoms with Crippen LogP contribution in [0.25, 0.3) is 0 Å². The Kier molecular flexibility index (Phi) is 6.39. The highest BCUT2D eigenvalue weighted by Crippen LogP contribution is 2.23. The van der Waals surface area contributed by atoms with Crippen LogP contribution in [-0.4, -0.2) is 36.4 Å². The lowest BCUT2D eigenvalue weighted by atomic mass is 10.1. The topological polar surface area (TPSA) is 56.7 Å². The molecule has 2 N–H and O–H groups in total. The van der Waals surface area contributed by atoms with Gasteiger partial charge < -0.3 is 15.5 Å². The van der Waals surface area contributed by atoms with Crippen LogP contribution in [0.1, 0.15) is 22.9 Å². The number of hydrogen-bond acceptors (Lipinski definition) is 3. The minimum absolute atomic E-state index is 0.0188. The Balaban J connectivity index is 1.57. The molecule has 0 atom stereocenters. The van der Waals surface area contributed by atoms with E-state index < -0.39 is 11.6 Å². The first kappa shape index (κ1) is 19.3. The number of hydrogen-bond donors (Lipinski definition) is 2. The number of aliphatic imine (C=N–C) groups is 1. The van der Waals surface area contributed by atoms with E-state index in [-0.39, 0.29) is 24.6 Å². The van der Waals surface area contributed by atoms with Gasteiger partial charge in [-0.05, 0) is 48.6 Å². The summed E-state index contributed by atoms with van der Waals surface area (Å²) in [5, 5.41) is 8.04. The summed E-state index contributed by atoms with van der Waals surface area (Å²) in [5.74, 6) is -0.642. The van der Waals surface area contributed by atoms with E-state index >= 15 is 0 Å². The molecule has 8 heteroatoms. The first-order valence-corrected chi connectivity index (χ1v) is 9.74. The number of carbonyl (C=O) groups excluding carboxylic acids is 1. The Labute approximate surface area is 161 Å². The molecule has 0 spiro atoms. The minimum atomic E-state index is -0.507. The van der Waals surface area contributed by atoms with Crippen LogP contribution in [-0.2, 0) is 24.3 Å². The van der Waals surface area contributed by atoms with Gasteiger partial charge in [0.25, 0.3) is 0 Å². The van der Waals surface area contributed by atoms with E-state index in [1.807, 2.05) is 11.8 Å². The monoisotopic (exact) mass is 392 g/mol. The molecule has 0 bridgehead atoms. The van der Waals surface area contributed by atoms with Gasteiger partial charge in [-0.15, -0.1) is 11.3 Å². The van der Waals surface area contributed by atoms with Crippen LogP contribution < -0.4 is 10.6 Å². The van der Waals surface area contributed by atoms with Gasteiger partial charge in [0.2, 0.25) is 5.91 Å². The average Bonchev–Trinajstić information content (AvgIpc) is 3.14. The Hall–Kier alpha value is -2.48. The van der Waals surface area contributed by atoms with Gasteiger partial charge in [0, 0.05) is 30.1 Å². The van der Waals surface area contributed by atoms with Gasteiger partial charge in [-0.1, -0.05) is 0 Å². The Morgan fingerprint density at radius 1 is 1.30 bits per heavy atom. The maximum atomic E-state index is 13.7. The van der Waals surface area contributed by atoms with Crippen molar-refractivity contribution in [2.75, 3.05) is 19.6 Å². The molecule has 27 heavy (non-hydrogen) atoms. The van der Waals surface area contributed by atoms with Gasteiger partial charge in [0.05, 0.1) is 13.1 Å². The van der Waals surface area contributed by atoms with E-state index in [2.05, 4.69) is 27.1 Å². The van der Waals surface area contributed by atoms with Crippen molar-refractivity contribution >= 4 is 23.2 Å². The molecule has 1 aromatic heterocycles. The van der Waals surface area contributed by atoms with Crippen LogP contribution in [0.15, 0.2) is 34.6 Å². The summed E-state index contributed by atoms with van der Waals surface area (Å²) in [6, 6.07) is 5.34. The largest absolute Gasteiger partial charge is 0.357 e. The molecule has 0 fully saturated rings. The summed E-state index contributed by atoms with van der Waals surface area (Å²) in [5.41, 5.74) is 1.38. The summed E-state index contributed by atoms with van der Waals surface area (Å²) in [6.07, 6.45) is 0.881. The quantitative estimate of drug-likeness (QED) is 0.608. The van der Waals surface area contributed by atoms with Crippen LogP contribution >= 0.6 is 11.3 Å². The SMILES string of the molecule is CCNC(=NCc1cc(F)ccc1F)NCC(=O)N1CCc2sccc2C1. The number of thiophene rings is 1. The zero-order chi connectivity index (χ0) is 19.2. The number of carbonyl (C=O) groups is 1. The molecule has 0 aliphatic carbocycles. The van der Waals surface area contributed by atoms with Crippen molar-refractivity contribution in [2.45, 2.75) is 26.4 Å². The zero-order valence-electron chi connectivity index (χ0n) is 15.1. The fraction of sp³-hybridized carbons (Fsp3) is 0.368. The van der Waals surface area contributed by atoms with Crippen molar-refractivity contribution in [3.05, 3.63) is 57.3 Å². The van der Waals surface area contributed by atoms with E-state index in [4.69, 9.17) is 0 Å². The highest BCUT2D eigenvalue weighted by atomic mass is 32.1. The molecular formula is C19H22F2N4OS. The highest BCUT2D eigenvalue weighted by Gasteiger charge is 2.21. The lowest BCUT2D eigenvalue weighted by Crippen LogP contribution is -2.45. The lowest BCUT2D eigenvalue weighted by Gasteiger charge is -2.27. The maximum absolute atomic E-state index is 13.7. The van der Waals surface area contributed by atoms with Gasteiger partial charge in [-0.3, -0.25) is 4.79 Å². The molecule has 144 valence electrons. The summed E-state index contributed by atoms with van der Waals surface area (Å²) < 4.78 is 27.0. The first-order chi connectivity index (χ1) is 13.1. The fourth-order valence-corrected chi connectivity index (χ4v) is 3.79. The first-order valence-electron chi connectivity index (χ1n) is 8.86. The number of guanidine groups is 1. The lowest BCUT2D eigenvalue weighted by molar-refractivity contribution is -0.130. The minimum Gasteiger partial charge on any atom is -0.357 e. The highest BCUT2D eigenvalue weighted by molar-refractivity contribution is 7.10. The number of nitrogens with one attached hydrogen (secondary N) is 2. The summed E-state index contributed by atoms with van der Waals surface area (Å²) in [6.45, 7) is 3.89. The third-order valence-electron chi connectivity index (χ3n) is 4.33. The summed E-state index contributed by atoms with van der Waals surface area (Å²) in [4.78, 5) is 19.9. The van der Waals surface area contributed by atoms with Crippen LogP contribution in [0.3, 0.4) is 0 Å². The maximum Gasteiger partial charge on any atom is 0.242 e. The van der Waals surface area contributed by atoms with E-state index in [0.29, 0.717) is 25.6 Å². The van der Waals surface area contributed by atoms with E-state index in [9.17, 15) is 13.6 Å². The summed E-state index contributed by atoms with van der Waals surface area (Å²) >= 11 is 1.73. The van der Waals surface area contributed by atoms with Crippen LogP contribution in [0.2, 0.25) is 0 Å². The standard InChI is InChI=1S/C19H22F2N4OS/c1-2-22-19(23-10-14-9-15(20)3-4-16(14)21)24-11-18(26)25-7-5-17-13(12-25)6-8-27-17/h3-4,6,8-9H,2,5,7,10-12H2,1H3,(H2,22,23,24). The van der Waals surface area contributed by atoms with Gasteiger partial charge in [-0.2, -0.15) is 0 Å². The number of benzene rings is 1. The van der Waals surface area contributed by atoms with Crippen molar-refractivity contribution in [2.24, 2.45) is 4.99 Å². The van der Waals surface area contributed by atoms with Gasteiger partial charge in [0.1, 0.15) is 11.6 Å². The molecule has 0 saturated carbocycles. The second kappa shape index (κ2) is 8.94. The second-order valence-electron chi connectivity index (χ2n) is 6.22. The van der Waals surface area contributed by atoms with Crippen LogP contribution in [0, 0.1) is 11.6 Å². The Morgan fingerprint density at radius 2 is 2.15 bits per heavy atom. The van der Waals surface area contributed by atoms with Crippen molar-refractivity contribution in [1.82, 2.24) is 15.5 Å². The fourth-order valence-electron chi connectivity index (χ4n) is 2.90. The Morgan fingerprint density at radius 3 is 2.96 bits per heavy atom. The van der Waals surface area contributed by atoms with Crippen molar-refractivity contribution < 1.29 is 13.6 Å². The predicted molar refractivity (Wildman–Crippen MR) is 103 cm³/mol. The number of rotatable bonds is 5. The molecule has 2 aromatic rings. The number of fused-ring (bicyclic) bond motifs is 1. The molecule has 1 aliphatic rings. The second-order valence-corrected chi connectivity index (χ2v) is 7.22. The van der Waals surface area contributed by atoms with E-state index in [1.54, 1.807) is 11.3 Å². The van der Waals surface area contributed by atoms with E-state index in [0.717, 1.165) is 24.6 Å². The molecule has 3 rings (SSSR count). The van der Waals surface area contributed by atoms with Crippen molar-refractivity contribution in [1.29, 1.82) is 0 Å². The number of nitrogens with zero attached hydrogens (tertiary/aromatic N) is 2. The predicted octanol–water partition coefficient (Wildman–Crippen LogP) is 2.67. The third kappa shape index (κ3) is 5.03. The van der Waals surface area contributed by atoms with Crippen molar-refractivity contribution in [3.8, 4) is 0 Å². The number of amides is 1. The smallest absolute Gasteiger partial charge is 0.242 e. The molecule has 1 aliphatic heterocycles. The van der Waals surface area contributed by atoms with Crippen LogP contribution in [0.4, 0.5) is 8.78 Å². The summed E-state index contributed by atoms with van der Waals surface area (Å²) in [7, 11) is 0. The van der Waals surface area contributed by atoms with Gasteiger partial charge in [-0.25, -0.2) is 13.8 Å². The molecule has 5 nitrogen and oxygen atoms in total. The normalized spacial score (nSPS) is 14.0. The van der Waals surface area contributed by atoms with E-state index in [1.165, 1.54) is 10.4 Å². The third-order valence-corrected chi connectivity index (χ3v) is 5.35. The van der Waals surface area contributed by atoms with Crippen LogP contribution in [0.5, 0.6) is 0 Å². The molecule has 0 radical (unpaired) electrons. The average molecular weight is 392 g/mol. The molecule has 1 aromatic carbocycles. The Bertz CT molecular complexity index is 837. The molecule has 2 heterocycles. The van der Waals surface area contributed by atoms with Gasteiger partial charge >= 0.3 is 0 Å².